The molecule has 1 atom stereocenters. The molecular formula is C15H29N3O. The van der Waals surface area contributed by atoms with Crippen LogP contribution in [0.15, 0.2) is 4.99 Å². The van der Waals surface area contributed by atoms with Gasteiger partial charge in [-0.3, -0.25) is 4.99 Å². The Hall–Kier alpha value is -0.770. The molecule has 2 aliphatic rings. The molecule has 4 nitrogen and oxygen atoms in total. The summed E-state index contributed by atoms with van der Waals surface area (Å²) in [5.41, 5.74) is 0.423. The van der Waals surface area contributed by atoms with Gasteiger partial charge in [-0.25, -0.2) is 0 Å². The zero-order chi connectivity index (χ0) is 13.6. The summed E-state index contributed by atoms with van der Waals surface area (Å²) >= 11 is 0. The van der Waals surface area contributed by atoms with E-state index >= 15 is 0 Å². The third-order valence-corrected chi connectivity index (χ3v) is 4.29. The quantitative estimate of drug-likeness (QED) is 0.593. The Bertz CT molecular complexity index is 292. The normalized spacial score (nSPS) is 26.6. The van der Waals surface area contributed by atoms with Crippen molar-refractivity contribution in [3.8, 4) is 0 Å². The van der Waals surface area contributed by atoms with Crippen molar-refractivity contribution in [2.45, 2.75) is 58.5 Å². The van der Waals surface area contributed by atoms with Crippen LogP contribution in [0.25, 0.3) is 0 Å². The topological polar surface area (TPSA) is 45.7 Å². The van der Waals surface area contributed by atoms with Crippen LogP contribution < -0.4 is 10.6 Å². The largest absolute Gasteiger partial charge is 0.376 e. The van der Waals surface area contributed by atoms with Gasteiger partial charge in [-0.1, -0.05) is 19.8 Å². The van der Waals surface area contributed by atoms with E-state index in [9.17, 15) is 0 Å². The van der Waals surface area contributed by atoms with Gasteiger partial charge in [0.05, 0.1) is 6.10 Å². The molecule has 4 heteroatoms. The van der Waals surface area contributed by atoms with Gasteiger partial charge in [-0.15, -0.1) is 0 Å². The van der Waals surface area contributed by atoms with Crippen molar-refractivity contribution in [1.29, 1.82) is 0 Å². The molecular weight excluding hydrogens is 238 g/mol. The van der Waals surface area contributed by atoms with E-state index in [4.69, 9.17) is 9.73 Å². The molecule has 1 saturated carbocycles. The van der Waals surface area contributed by atoms with Crippen LogP contribution in [0, 0.1) is 5.41 Å². The van der Waals surface area contributed by atoms with Gasteiger partial charge in [0.15, 0.2) is 5.96 Å². The van der Waals surface area contributed by atoms with Gasteiger partial charge in [-0.2, -0.15) is 0 Å². The molecule has 0 aromatic heterocycles. The highest BCUT2D eigenvalue weighted by Gasteiger charge is 2.28. The number of ether oxygens (including phenoxy) is 1. The molecule has 2 N–H and O–H groups in total. The van der Waals surface area contributed by atoms with E-state index in [0.717, 1.165) is 32.2 Å². The zero-order valence-corrected chi connectivity index (χ0v) is 12.5. The molecule has 2 fully saturated rings. The fourth-order valence-electron chi connectivity index (χ4n) is 3.01. The molecule has 19 heavy (non-hydrogen) atoms. The SMILES string of the molecule is CCNC(=NCC1(C)CCCC1)NCC1CCCO1. The Morgan fingerprint density at radius 3 is 2.68 bits per heavy atom. The standard InChI is InChI=1S/C15H29N3O/c1-3-16-14(17-11-13-7-6-10-19-13)18-12-15(2)8-4-5-9-15/h13H,3-12H2,1-2H3,(H2,16,17,18). The summed E-state index contributed by atoms with van der Waals surface area (Å²) in [7, 11) is 0. The van der Waals surface area contributed by atoms with Crippen molar-refractivity contribution in [3.63, 3.8) is 0 Å². The van der Waals surface area contributed by atoms with Crippen molar-refractivity contribution < 1.29 is 4.74 Å². The Morgan fingerprint density at radius 2 is 2.05 bits per heavy atom. The predicted octanol–water partition coefficient (Wildman–Crippen LogP) is 2.30. The highest BCUT2D eigenvalue weighted by molar-refractivity contribution is 5.79. The predicted molar refractivity (Wildman–Crippen MR) is 79.5 cm³/mol. The second-order valence-electron chi connectivity index (χ2n) is 6.23. The lowest BCUT2D eigenvalue weighted by atomic mass is 9.89. The maximum atomic E-state index is 5.63. The van der Waals surface area contributed by atoms with Crippen LogP contribution in [-0.4, -0.2) is 38.3 Å². The van der Waals surface area contributed by atoms with E-state index in [1.165, 1.54) is 38.5 Å². The number of guanidine groups is 1. The van der Waals surface area contributed by atoms with E-state index in [1.807, 2.05) is 0 Å². The number of hydrogen-bond donors (Lipinski definition) is 2. The minimum atomic E-state index is 0.367. The Labute approximate surface area is 117 Å². The molecule has 0 radical (unpaired) electrons. The lowest BCUT2D eigenvalue weighted by Crippen LogP contribution is -2.41. The van der Waals surface area contributed by atoms with E-state index in [2.05, 4.69) is 24.5 Å². The van der Waals surface area contributed by atoms with Gasteiger partial charge < -0.3 is 15.4 Å². The molecule has 1 unspecified atom stereocenters. The summed E-state index contributed by atoms with van der Waals surface area (Å²) in [5, 5.41) is 6.75. The van der Waals surface area contributed by atoms with Gasteiger partial charge in [-0.05, 0) is 38.0 Å². The van der Waals surface area contributed by atoms with Crippen molar-refractivity contribution in [2.75, 3.05) is 26.2 Å². The number of rotatable bonds is 5. The van der Waals surface area contributed by atoms with E-state index in [0.29, 0.717) is 11.5 Å². The van der Waals surface area contributed by atoms with Gasteiger partial charge in [0.1, 0.15) is 0 Å². The monoisotopic (exact) mass is 267 g/mol. The number of nitrogens with zero attached hydrogens (tertiary/aromatic N) is 1. The summed E-state index contributed by atoms with van der Waals surface area (Å²) in [5.74, 6) is 0.950. The first-order valence-electron chi connectivity index (χ1n) is 7.86. The summed E-state index contributed by atoms with van der Waals surface area (Å²) in [6.45, 7) is 8.12. The van der Waals surface area contributed by atoms with Gasteiger partial charge in [0.2, 0.25) is 0 Å². The molecule has 2 rings (SSSR count). The summed E-state index contributed by atoms with van der Waals surface area (Å²) in [6, 6.07) is 0. The van der Waals surface area contributed by atoms with Crippen LogP contribution >= 0.6 is 0 Å². The Kier molecular flexibility index (Phi) is 5.49. The van der Waals surface area contributed by atoms with Crippen LogP contribution in [-0.2, 0) is 4.74 Å². The summed E-state index contributed by atoms with van der Waals surface area (Å²) in [6.07, 6.45) is 8.11. The van der Waals surface area contributed by atoms with Crippen LogP contribution in [0.3, 0.4) is 0 Å². The van der Waals surface area contributed by atoms with Crippen LogP contribution in [0.4, 0.5) is 0 Å². The second-order valence-corrected chi connectivity index (χ2v) is 6.23. The minimum Gasteiger partial charge on any atom is -0.376 e. The van der Waals surface area contributed by atoms with Gasteiger partial charge in [0, 0.05) is 26.2 Å². The van der Waals surface area contributed by atoms with Gasteiger partial charge in [0.25, 0.3) is 0 Å². The van der Waals surface area contributed by atoms with Crippen LogP contribution in [0.2, 0.25) is 0 Å². The fourth-order valence-corrected chi connectivity index (χ4v) is 3.01. The molecule has 110 valence electrons. The Balaban J connectivity index is 1.79. The highest BCUT2D eigenvalue weighted by atomic mass is 16.5. The molecule has 1 aliphatic carbocycles. The maximum Gasteiger partial charge on any atom is 0.191 e. The Morgan fingerprint density at radius 1 is 1.26 bits per heavy atom. The molecule has 0 amide bonds. The third kappa shape index (κ3) is 4.68. The van der Waals surface area contributed by atoms with E-state index in [-0.39, 0.29) is 0 Å². The highest BCUT2D eigenvalue weighted by Crippen LogP contribution is 2.37. The van der Waals surface area contributed by atoms with E-state index < -0.39 is 0 Å². The summed E-state index contributed by atoms with van der Waals surface area (Å²) in [4.78, 5) is 4.77. The second kappa shape index (κ2) is 7.13. The minimum absolute atomic E-state index is 0.367. The average molecular weight is 267 g/mol. The smallest absolute Gasteiger partial charge is 0.191 e. The van der Waals surface area contributed by atoms with Crippen LogP contribution in [0.1, 0.15) is 52.4 Å². The van der Waals surface area contributed by atoms with Crippen molar-refractivity contribution >= 4 is 5.96 Å². The number of nitrogens with one attached hydrogen (secondary N) is 2. The molecule has 1 aliphatic heterocycles. The first kappa shape index (κ1) is 14.6. The molecule has 0 aromatic rings. The van der Waals surface area contributed by atoms with Crippen molar-refractivity contribution in [3.05, 3.63) is 0 Å². The van der Waals surface area contributed by atoms with E-state index in [1.54, 1.807) is 0 Å². The number of aliphatic imine (C=N–C) groups is 1. The van der Waals surface area contributed by atoms with Gasteiger partial charge >= 0.3 is 0 Å². The summed E-state index contributed by atoms with van der Waals surface area (Å²) < 4.78 is 5.63. The third-order valence-electron chi connectivity index (χ3n) is 4.29. The van der Waals surface area contributed by atoms with Crippen molar-refractivity contribution in [1.82, 2.24) is 10.6 Å². The fraction of sp³-hybridized carbons (Fsp3) is 0.933. The first-order chi connectivity index (χ1) is 9.22. The molecule has 1 saturated heterocycles. The first-order valence-corrected chi connectivity index (χ1v) is 7.86. The lowest BCUT2D eigenvalue weighted by molar-refractivity contribution is 0.113. The maximum absolute atomic E-state index is 5.63. The number of hydrogen-bond acceptors (Lipinski definition) is 2. The van der Waals surface area contributed by atoms with Crippen molar-refractivity contribution in [2.24, 2.45) is 10.4 Å². The molecule has 0 spiro atoms. The average Bonchev–Trinajstić information content (AvgIpc) is 3.05. The molecule has 0 bridgehead atoms. The lowest BCUT2D eigenvalue weighted by Gasteiger charge is -2.22. The zero-order valence-electron chi connectivity index (χ0n) is 12.5. The van der Waals surface area contributed by atoms with Crippen LogP contribution in [0.5, 0.6) is 0 Å². The molecule has 0 aromatic carbocycles. The molecule has 1 heterocycles.